The van der Waals surface area contributed by atoms with Crippen molar-refractivity contribution in [3.8, 4) is 0 Å². The number of benzene rings is 1. The van der Waals surface area contributed by atoms with Crippen molar-refractivity contribution in [2.45, 2.75) is 17.9 Å². The molecule has 0 bridgehead atoms. The van der Waals surface area contributed by atoms with Crippen LogP contribution in [0.1, 0.15) is 12.0 Å². The molecule has 0 heterocycles. The number of anilines is 1. The van der Waals surface area contributed by atoms with Crippen LogP contribution in [0, 0.1) is 0 Å². The van der Waals surface area contributed by atoms with E-state index in [-0.39, 0.29) is 6.54 Å². The van der Waals surface area contributed by atoms with Gasteiger partial charge in [-0.05, 0) is 17.7 Å². The lowest BCUT2D eigenvalue weighted by Gasteiger charge is -2.22. The summed E-state index contributed by atoms with van der Waals surface area (Å²) >= 11 is 9.14. The Hall–Kier alpha value is -0.420. The Morgan fingerprint density at radius 2 is 2.00 bits per heavy atom. The fourth-order valence-electron chi connectivity index (χ4n) is 1.42. The molecule has 0 fully saturated rings. The van der Waals surface area contributed by atoms with Gasteiger partial charge in [-0.15, -0.1) is 0 Å². The summed E-state index contributed by atoms with van der Waals surface area (Å²) in [7, 11) is 1.63. The minimum atomic E-state index is -4.14. The number of hydrogen-bond acceptors (Lipinski definition) is 1. The summed E-state index contributed by atoms with van der Waals surface area (Å²) in [6.45, 7) is -0.0795. The maximum atomic E-state index is 12.1. The molecule has 0 N–H and O–H groups in total. The van der Waals surface area contributed by atoms with E-state index in [1.54, 1.807) is 30.1 Å². The molecule has 0 aliphatic carbocycles. The Morgan fingerprint density at radius 3 is 2.53 bits per heavy atom. The molecule has 0 radical (unpaired) electrons. The third-order valence-electron chi connectivity index (χ3n) is 2.33. The van der Waals surface area contributed by atoms with Gasteiger partial charge in [-0.3, -0.25) is 0 Å². The number of hydrogen-bond donors (Lipinski definition) is 0. The van der Waals surface area contributed by atoms with E-state index in [9.17, 15) is 13.2 Å². The predicted molar refractivity (Wildman–Crippen MR) is 68.0 cm³/mol. The smallest absolute Gasteiger partial charge is 0.374 e. The largest absolute Gasteiger partial charge is 0.390 e. The topological polar surface area (TPSA) is 3.24 Å². The van der Waals surface area contributed by atoms with Crippen LogP contribution in [0.3, 0.4) is 0 Å². The van der Waals surface area contributed by atoms with Gasteiger partial charge < -0.3 is 4.90 Å². The monoisotopic (exact) mass is 329 g/mol. The molecule has 17 heavy (non-hydrogen) atoms. The molecule has 0 saturated carbocycles. The molecule has 0 atom stereocenters. The van der Waals surface area contributed by atoms with E-state index in [2.05, 4.69) is 15.9 Å². The summed E-state index contributed by atoms with van der Waals surface area (Å²) in [5.41, 5.74) is 1.64. The van der Waals surface area contributed by atoms with Gasteiger partial charge >= 0.3 is 6.18 Å². The van der Waals surface area contributed by atoms with Crippen LogP contribution in [0.4, 0.5) is 18.9 Å². The lowest BCUT2D eigenvalue weighted by atomic mass is 10.2. The second kappa shape index (κ2) is 5.96. The first-order valence-corrected chi connectivity index (χ1v) is 6.45. The molecule has 0 amide bonds. The molecule has 96 valence electrons. The van der Waals surface area contributed by atoms with E-state index in [0.29, 0.717) is 10.4 Å². The Morgan fingerprint density at radius 1 is 1.35 bits per heavy atom. The first-order valence-electron chi connectivity index (χ1n) is 4.96. The van der Waals surface area contributed by atoms with Gasteiger partial charge in [0.15, 0.2) is 0 Å². The minimum Gasteiger partial charge on any atom is -0.374 e. The van der Waals surface area contributed by atoms with Crippen molar-refractivity contribution in [3.63, 3.8) is 0 Å². The molecule has 1 aromatic rings. The first kappa shape index (κ1) is 14.6. The summed E-state index contributed by atoms with van der Waals surface area (Å²) < 4.78 is 36.4. The van der Waals surface area contributed by atoms with Crippen LogP contribution < -0.4 is 4.90 Å². The normalized spacial score (nSPS) is 11.6. The minimum absolute atomic E-state index is 0.0795. The van der Waals surface area contributed by atoms with E-state index in [1.165, 1.54) is 0 Å². The summed E-state index contributed by atoms with van der Waals surface area (Å²) in [4.78, 5) is 1.57. The quantitative estimate of drug-likeness (QED) is 0.728. The second-order valence-corrected chi connectivity index (χ2v) is 4.69. The second-order valence-electron chi connectivity index (χ2n) is 3.69. The number of rotatable bonds is 4. The highest BCUT2D eigenvalue weighted by Gasteiger charge is 2.27. The molecule has 0 aliphatic rings. The van der Waals surface area contributed by atoms with Gasteiger partial charge in [0.2, 0.25) is 0 Å². The Labute approximate surface area is 112 Å². The summed E-state index contributed by atoms with van der Waals surface area (Å²) in [5.74, 6) is 0. The van der Waals surface area contributed by atoms with Crippen molar-refractivity contribution in [1.29, 1.82) is 0 Å². The fourth-order valence-corrected chi connectivity index (χ4v) is 2.06. The molecule has 0 saturated heterocycles. The van der Waals surface area contributed by atoms with Crippen molar-refractivity contribution in [2.24, 2.45) is 0 Å². The highest BCUT2D eigenvalue weighted by Crippen LogP contribution is 2.27. The molecule has 0 aromatic heterocycles. The molecule has 1 rings (SSSR count). The summed E-state index contributed by atoms with van der Waals surface area (Å²) in [6.07, 6.45) is -4.97. The standard InChI is InChI=1S/C11H12BrClF3N/c1-17(5-4-11(14,15)16)10-6-9(13)3-2-8(10)7-12/h2-3,6H,4-5,7H2,1H3. The number of nitrogens with zero attached hydrogens (tertiary/aromatic N) is 1. The van der Waals surface area contributed by atoms with Crippen LogP contribution in [0.25, 0.3) is 0 Å². The SMILES string of the molecule is CN(CCC(F)(F)F)c1cc(Cl)ccc1CBr. The van der Waals surface area contributed by atoms with Gasteiger partial charge in [-0.2, -0.15) is 13.2 Å². The lowest BCUT2D eigenvalue weighted by molar-refractivity contribution is -0.132. The Balaban J connectivity index is 2.80. The van der Waals surface area contributed by atoms with E-state index < -0.39 is 12.6 Å². The lowest BCUT2D eigenvalue weighted by Crippen LogP contribution is -2.24. The molecular weight excluding hydrogens is 318 g/mol. The van der Waals surface area contributed by atoms with Crippen LogP contribution in [-0.4, -0.2) is 19.8 Å². The van der Waals surface area contributed by atoms with Gasteiger partial charge in [-0.1, -0.05) is 33.6 Å². The fraction of sp³-hybridized carbons (Fsp3) is 0.455. The first-order chi connectivity index (χ1) is 7.83. The van der Waals surface area contributed by atoms with Crippen LogP contribution in [0.2, 0.25) is 5.02 Å². The average molecular weight is 331 g/mol. The van der Waals surface area contributed by atoms with Crippen molar-refractivity contribution >= 4 is 33.2 Å². The van der Waals surface area contributed by atoms with E-state index in [1.807, 2.05) is 0 Å². The van der Waals surface area contributed by atoms with Gasteiger partial charge in [0.25, 0.3) is 0 Å². The number of halogens is 5. The van der Waals surface area contributed by atoms with Gasteiger partial charge in [0.05, 0.1) is 6.42 Å². The van der Waals surface area contributed by atoms with Crippen LogP contribution in [0.15, 0.2) is 18.2 Å². The molecule has 1 nitrogen and oxygen atoms in total. The van der Waals surface area contributed by atoms with Gasteiger partial charge in [0.1, 0.15) is 0 Å². The van der Waals surface area contributed by atoms with Crippen molar-refractivity contribution < 1.29 is 13.2 Å². The molecular formula is C11H12BrClF3N. The Kier molecular flexibility index (Phi) is 5.13. The highest BCUT2D eigenvalue weighted by atomic mass is 79.9. The zero-order valence-corrected chi connectivity index (χ0v) is 11.5. The molecule has 0 aliphatic heterocycles. The zero-order valence-electron chi connectivity index (χ0n) is 9.19. The van der Waals surface area contributed by atoms with E-state index in [0.717, 1.165) is 11.3 Å². The number of alkyl halides is 4. The van der Waals surface area contributed by atoms with Crippen LogP contribution in [0.5, 0.6) is 0 Å². The third-order valence-corrected chi connectivity index (χ3v) is 3.17. The third kappa shape index (κ3) is 4.76. The van der Waals surface area contributed by atoms with Crippen LogP contribution in [-0.2, 0) is 5.33 Å². The van der Waals surface area contributed by atoms with Gasteiger partial charge in [0, 0.05) is 29.6 Å². The van der Waals surface area contributed by atoms with E-state index >= 15 is 0 Å². The Bertz CT molecular complexity index is 381. The highest BCUT2D eigenvalue weighted by molar-refractivity contribution is 9.08. The molecule has 6 heteroatoms. The molecule has 0 unspecified atom stereocenters. The van der Waals surface area contributed by atoms with Crippen LogP contribution >= 0.6 is 27.5 Å². The summed E-state index contributed by atoms with van der Waals surface area (Å²) in [6, 6.07) is 5.20. The molecule has 0 spiro atoms. The molecule has 1 aromatic carbocycles. The maximum Gasteiger partial charge on any atom is 0.390 e. The van der Waals surface area contributed by atoms with Crippen molar-refractivity contribution in [3.05, 3.63) is 28.8 Å². The maximum absolute atomic E-state index is 12.1. The van der Waals surface area contributed by atoms with Gasteiger partial charge in [-0.25, -0.2) is 0 Å². The average Bonchev–Trinajstić information content (AvgIpc) is 2.25. The zero-order chi connectivity index (χ0) is 13.1. The predicted octanol–water partition coefficient (Wildman–Crippen LogP) is 4.62. The van der Waals surface area contributed by atoms with E-state index in [4.69, 9.17) is 11.6 Å². The van der Waals surface area contributed by atoms with Crippen molar-refractivity contribution in [1.82, 2.24) is 0 Å². The summed E-state index contributed by atoms with van der Waals surface area (Å²) in [5, 5.41) is 1.10. The van der Waals surface area contributed by atoms with Crippen molar-refractivity contribution in [2.75, 3.05) is 18.5 Å².